The standard InChI is InChI=1S/C14H17N3O5S/c1-6-7(2)23-13(15-6)8-4-17(14(21)16-12(8)20)11-3-9(19)10(5-18)22-11/h4,9-11,18-19H,3,5H2,1-2H3,(H,16,20,21)/t9?,10-,11-/m0/s1. The number of aromatic amines is 1. The van der Waals surface area contributed by atoms with Crippen LogP contribution in [0.15, 0.2) is 15.8 Å². The van der Waals surface area contributed by atoms with Gasteiger partial charge >= 0.3 is 5.69 Å². The molecule has 3 N–H and O–H groups in total. The number of ether oxygens (including phenoxy) is 1. The highest BCUT2D eigenvalue weighted by Crippen LogP contribution is 2.29. The summed E-state index contributed by atoms with van der Waals surface area (Å²) < 4.78 is 6.70. The first-order chi connectivity index (χ1) is 10.9. The van der Waals surface area contributed by atoms with Gasteiger partial charge in [-0.1, -0.05) is 0 Å². The summed E-state index contributed by atoms with van der Waals surface area (Å²) in [4.78, 5) is 31.7. The molecule has 1 aliphatic rings. The summed E-state index contributed by atoms with van der Waals surface area (Å²) >= 11 is 1.37. The van der Waals surface area contributed by atoms with Gasteiger partial charge in [-0.2, -0.15) is 0 Å². The zero-order chi connectivity index (χ0) is 16.7. The quantitative estimate of drug-likeness (QED) is 0.720. The zero-order valence-corrected chi connectivity index (χ0v) is 13.5. The number of aromatic nitrogens is 3. The van der Waals surface area contributed by atoms with Crippen molar-refractivity contribution in [2.24, 2.45) is 0 Å². The molecule has 3 heterocycles. The third-order valence-electron chi connectivity index (χ3n) is 3.92. The van der Waals surface area contributed by atoms with E-state index in [1.165, 1.54) is 22.1 Å². The van der Waals surface area contributed by atoms with E-state index in [2.05, 4.69) is 9.97 Å². The molecule has 1 unspecified atom stereocenters. The van der Waals surface area contributed by atoms with Gasteiger partial charge in [0.2, 0.25) is 0 Å². The second kappa shape index (κ2) is 6.00. The van der Waals surface area contributed by atoms with E-state index in [4.69, 9.17) is 9.84 Å². The first kappa shape index (κ1) is 16.1. The molecule has 0 aromatic carbocycles. The topological polar surface area (TPSA) is 117 Å². The molecule has 0 amide bonds. The monoisotopic (exact) mass is 339 g/mol. The van der Waals surface area contributed by atoms with Crippen molar-refractivity contribution >= 4 is 11.3 Å². The largest absolute Gasteiger partial charge is 0.394 e. The molecule has 2 aromatic rings. The van der Waals surface area contributed by atoms with Crippen LogP contribution in [-0.4, -0.2) is 43.6 Å². The molecule has 1 fully saturated rings. The van der Waals surface area contributed by atoms with Gasteiger partial charge < -0.3 is 14.9 Å². The number of hydrogen-bond acceptors (Lipinski definition) is 7. The summed E-state index contributed by atoms with van der Waals surface area (Å²) in [5.74, 6) is 0. The maximum absolute atomic E-state index is 12.1. The summed E-state index contributed by atoms with van der Waals surface area (Å²) in [6.45, 7) is 3.42. The Morgan fingerprint density at radius 1 is 1.48 bits per heavy atom. The van der Waals surface area contributed by atoms with Crippen molar-refractivity contribution in [2.45, 2.75) is 38.7 Å². The van der Waals surface area contributed by atoms with Crippen molar-refractivity contribution in [3.8, 4) is 10.6 Å². The number of thiazole rings is 1. The fourth-order valence-corrected chi connectivity index (χ4v) is 3.41. The smallest absolute Gasteiger partial charge is 0.330 e. The fourth-order valence-electron chi connectivity index (χ4n) is 2.49. The first-order valence-electron chi connectivity index (χ1n) is 7.15. The van der Waals surface area contributed by atoms with Crippen molar-refractivity contribution in [3.05, 3.63) is 37.6 Å². The van der Waals surface area contributed by atoms with Crippen LogP contribution in [0.2, 0.25) is 0 Å². The zero-order valence-electron chi connectivity index (χ0n) is 12.6. The molecular weight excluding hydrogens is 322 g/mol. The highest BCUT2D eigenvalue weighted by molar-refractivity contribution is 7.15. The number of aryl methyl sites for hydroxylation is 2. The number of nitrogens with one attached hydrogen (secondary N) is 1. The van der Waals surface area contributed by atoms with Crippen molar-refractivity contribution in [2.75, 3.05) is 6.61 Å². The van der Waals surface area contributed by atoms with E-state index >= 15 is 0 Å². The summed E-state index contributed by atoms with van der Waals surface area (Å²) in [6, 6.07) is 0. The Morgan fingerprint density at radius 3 is 2.78 bits per heavy atom. The normalized spacial score (nSPS) is 24.3. The van der Waals surface area contributed by atoms with Crippen LogP contribution in [0.4, 0.5) is 0 Å². The van der Waals surface area contributed by atoms with E-state index in [1.54, 1.807) is 0 Å². The van der Waals surface area contributed by atoms with Gasteiger partial charge in [0.05, 0.1) is 24.0 Å². The molecule has 9 heteroatoms. The van der Waals surface area contributed by atoms with E-state index in [0.29, 0.717) is 5.01 Å². The van der Waals surface area contributed by atoms with Crippen LogP contribution in [0.3, 0.4) is 0 Å². The Balaban J connectivity index is 2.04. The van der Waals surface area contributed by atoms with Crippen LogP contribution >= 0.6 is 11.3 Å². The Bertz CT molecular complexity index is 820. The van der Waals surface area contributed by atoms with Gasteiger partial charge in [-0.15, -0.1) is 11.3 Å². The summed E-state index contributed by atoms with van der Waals surface area (Å²) in [5.41, 5.74) is -0.0387. The Morgan fingerprint density at radius 2 is 2.22 bits per heavy atom. The molecule has 0 radical (unpaired) electrons. The molecule has 0 bridgehead atoms. The number of nitrogens with zero attached hydrogens (tertiary/aromatic N) is 2. The predicted octanol–water partition coefficient (Wildman–Crippen LogP) is -0.0824. The van der Waals surface area contributed by atoms with Gasteiger partial charge in [-0.3, -0.25) is 14.3 Å². The molecule has 2 aromatic heterocycles. The fraction of sp³-hybridized carbons (Fsp3) is 0.500. The molecule has 3 atom stereocenters. The second-order valence-corrected chi connectivity index (χ2v) is 6.69. The van der Waals surface area contributed by atoms with Gasteiger partial charge in [0.25, 0.3) is 5.56 Å². The average Bonchev–Trinajstić information content (AvgIpc) is 3.02. The highest BCUT2D eigenvalue weighted by atomic mass is 32.1. The van der Waals surface area contributed by atoms with E-state index in [-0.39, 0.29) is 18.6 Å². The Kier molecular flexibility index (Phi) is 4.19. The lowest BCUT2D eigenvalue weighted by molar-refractivity contribution is -0.0458. The molecule has 8 nitrogen and oxygen atoms in total. The lowest BCUT2D eigenvalue weighted by Crippen LogP contribution is -2.33. The number of aliphatic hydroxyl groups is 2. The average molecular weight is 339 g/mol. The molecule has 23 heavy (non-hydrogen) atoms. The molecule has 0 saturated carbocycles. The maximum atomic E-state index is 12.1. The minimum atomic E-state index is -0.864. The van der Waals surface area contributed by atoms with Gasteiger partial charge in [0.1, 0.15) is 17.3 Å². The van der Waals surface area contributed by atoms with Crippen molar-refractivity contribution in [1.29, 1.82) is 0 Å². The third kappa shape index (κ3) is 2.88. The minimum absolute atomic E-state index is 0.159. The summed E-state index contributed by atoms with van der Waals surface area (Å²) in [6.07, 6.45) is -0.793. The van der Waals surface area contributed by atoms with Gasteiger partial charge in [-0.05, 0) is 13.8 Å². The molecule has 124 valence electrons. The Labute approximate surface area is 135 Å². The molecule has 1 aliphatic heterocycles. The van der Waals surface area contributed by atoms with E-state index in [1.807, 2.05) is 13.8 Å². The summed E-state index contributed by atoms with van der Waals surface area (Å²) in [7, 11) is 0. The number of aliphatic hydroxyl groups excluding tert-OH is 2. The number of H-pyrrole nitrogens is 1. The third-order valence-corrected chi connectivity index (χ3v) is 5.03. The Hall–Kier alpha value is -1.81. The number of hydrogen-bond donors (Lipinski definition) is 3. The highest BCUT2D eigenvalue weighted by Gasteiger charge is 2.35. The van der Waals surface area contributed by atoms with Gasteiger partial charge in [-0.25, -0.2) is 9.78 Å². The predicted molar refractivity (Wildman–Crippen MR) is 83.5 cm³/mol. The van der Waals surface area contributed by atoms with Crippen LogP contribution < -0.4 is 11.2 Å². The van der Waals surface area contributed by atoms with Gasteiger partial charge in [0.15, 0.2) is 0 Å². The van der Waals surface area contributed by atoms with Crippen LogP contribution in [0, 0.1) is 13.8 Å². The SMILES string of the molecule is Cc1nc(-c2cn([C@@H]3CC(O)[C@H](CO)O3)c(=O)[nH]c2=O)sc1C. The minimum Gasteiger partial charge on any atom is -0.394 e. The lowest BCUT2D eigenvalue weighted by Gasteiger charge is -2.14. The lowest BCUT2D eigenvalue weighted by atomic mass is 10.2. The molecular formula is C14H17N3O5S. The van der Waals surface area contributed by atoms with Crippen LogP contribution in [-0.2, 0) is 4.74 Å². The number of rotatable bonds is 3. The molecule has 1 saturated heterocycles. The van der Waals surface area contributed by atoms with E-state index in [9.17, 15) is 14.7 Å². The summed E-state index contributed by atoms with van der Waals surface area (Å²) in [5, 5.41) is 19.5. The first-order valence-corrected chi connectivity index (χ1v) is 7.96. The molecule has 3 rings (SSSR count). The van der Waals surface area contributed by atoms with Crippen LogP contribution in [0.25, 0.3) is 10.6 Å². The van der Waals surface area contributed by atoms with Gasteiger partial charge in [0, 0.05) is 17.5 Å². The molecule has 0 spiro atoms. The van der Waals surface area contributed by atoms with E-state index in [0.717, 1.165) is 10.6 Å². The van der Waals surface area contributed by atoms with Crippen molar-refractivity contribution in [3.63, 3.8) is 0 Å². The van der Waals surface area contributed by atoms with E-state index < -0.39 is 29.7 Å². The van der Waals surface area contributed by atoms with Crippen molar-refractivity contribution in [1.82, 2.24) is 14.5 Å². The van der Waals surface area contributed by atoms with Crippen LogP contribution in [0.5, 0.6) is 0 Å². The van der Waals surface area contributed by atoms with Crippen LogP contribution in [0.1, 0.15) is 23.2 Å². The van der Waals surface area contributed by atoms with Crippen molar-refractivity contribution < 1.29 is 14.9 Å². The molecule has 0 aliphatic carbocycles. The second-order valence-electron chi connectivity index (χ2n) is 5.48. The maximum Gasteiger partial charge on any atom is 0.330 e.